The van der Waals surface area contributed by atoms with Crippen molar-refractivity contribution in [2.75, 3.05) is 7.05 Å². The Balaban J connectivity index is 1.64. The van der Waals surface area contributed by atoms with Crippen LogP contribution in [-0.4, -0.2) is 23.0 Å². The first-order valence-corrected chi connectivity index (χ1v) is 8.03. The third-order valence-corrected chi connectivity index (χ3v) is 4.13. The standard InChI is InChI=1S/C20H21N3O/c1-15(17-9-11-21-12-10-17)22-20(24)23(2)14-16-7-8-18-5-3-4-6-19(18)13-16/h3-13,15H,14H2,1-2H3,(H,22,24)/t15-/m1/s1. The van der Waals surface area contributed by atoms with E-state index in [1.165, 1.54) is 10.8 Å². The molecule has 0 aliphatic heterocycles. The topological polar surface area (TPSA) is 45.2 Å². The van der Waals surface area contributed by atoms with Gasteiger partial charge in [0.05, 0.1) is 6.04 Å². The molecule has 122 valence electrons. The van der Waals surface area contributed by atoms with Crippen molar-refractivity contribution >= 4 is 16.8 Å². The van der Waals surface area contributed by atoms with E-state index in [1.807, 2.05) is 38.2 Å². The molecule has 0 bridgehead atoms. The van der Waals surface area contributed by atoms with Crippen LogP contribution in [0.1, 0.15) is 24.1 Å². The summed E-state index contributed by atoms with van der Waals surface area (Å²) in [6.45, 7) is 2.54. The normalized spacial score (nSPS) is 11.9. The molecular weight excluding hydrogens is 298 g/mol. The monoisotopic (exact) mass is 319 g/mol. The number of hydrogen-bond donors (Lipinski definition) is 1. The van der Waals surface area contributed by atoms with Crippen LogP contribution in [0, 0.1) is 0 Å². The fourth-order valence-electron chi connectivity index (χ4n) is 2.71. The summed E-state index contributed by atoms with van der Waals surface area (Å²) in [5.74, 6) is 0. The minimum absolute atomic E-state index is 0.0560. The summed E-state index contributed by atoms with van der Waals surface area (Å²) in [7, 11) is 1.81. The van der Waals surface area contributed by atoms with Crippen LogP contribution in [0.3, 0.4) is 0 Å². The second-order valence-corrected chi connectivity index (χ2v) is 5.99. The number of amides is 2. The van der Waals surface area contributed by atoms with Crippen LogP contribution in [0.2, 0.25) is 0 Å². The van der Waals surface area contributed by atoms with E-state index in [9.17, 15) is 4.79 Å². The Morgan fingerprint density at radius 3 is 2.54 bits per heavy atom. The molecule has 0 fully saturated rings. The number of urea groups is 1. The molecule has 1 aromatic heterocycles. The van der Waals surface area contributed by atoms with Crippen LogP contribution in [0.25, 0.3) is 10.8 Å². The summed E-state index contributed by atoms with van der Waals surface area (Å²) in [5.41, 5.74) is 2.15. The predicted octanol–water partition coefficient (Wildman–Crippen LogP) is 4.14. The lowest BCUT2D eigenvalue weighted by molar-refractivity contribution is 0.203. The number of pyridine rings is 1. The first kappa shape index (κ1) is 16.0. The van der Waals surface area contributed by atoms with Crippen LogP contribution < -0.4 is 5.32 Å². The number of carbonyl (C=O) groups excluding carboxylic acids is 1. The minimum atomic E-state index is -0.0903. The Bertz CT molecular complexity index is 832. The van der Waals surface area contributed by atoms with Gasteiger partial charge in [0.25, 0.3) is 0 Å². The predicted molar refractivity (Wildman–Crippen MR) is 96.6 cm³/mol. The summed E-state index contributed by atoms with van der Waals surface area (Å²) in [6, 6.07) is 18.2. The molecular formula is C20H21N3O. The smallest absolute Gasteiger partial charge is 0.317 e. The van der Waals surface area contributed by atoms with Gasteiger partial charge in [0.2, 0.25) is 0 Å². The Morgan fingerprint density at radius 2 is 1.79 bits per heavy atom. The van der Waals surface area contributed by atoms with E-state index in [2.05, 4.69) is 40.6 Å². The van der Waals surface area contributed by atoms with Crippen molar-refractivity contribution in [3.63, 3.8) is 0 Å². The first-order valence-electron chi connectivity index (χ1n) is 8.03. The van der Waals surface area contributed by atoms with Crippen LogP contribution >= 0.6 is 0 Å². The number of rotatable bonds is 4. The van der Waals surface area contributed by atoms with Crippen LogP contribution in [-0.2, 0) is 6.54 Å². The zero-order chi connectivity index (χ0) is 16.9. The lowest BCUT2D eigenvalue weighted by Crippen LogP contribution is -2.38. The molecule has 0 spiro atoms. The zero-order valence-corrected chi connectivity index (χ0v) is 13.9. The minimum Gasteiger partial charge on any atom is -0.331 e. The molecule has 0 aliphatic carbocycles. The van der Waals surface area contributed by atoms with Gasteiger partial charge in [0, 0.05) is 26.0 Å². The summed E-state index contributed by atoms with van der Waals surface area (Å²) < 4.78 is 0. The molecule has 0 radical (unpaired) electrons. The first-order chi connectivity index (χ1) is 11.6. The maximum Gasteiger partial charge on any atom is 0.317 e. The molecule has 0 aliphatic rings. The Hall–Kier alpha value is -2.88. The molecule has 2 amide bonds. The Kier molecular flexibility index (Phi) is 4.75. The SMILES string of the molecule is C[C@@H](NC(=O)N(C)Cc1ccc2ccccc2c1)c1ccncc1. The van der Waals surface area contributed by atoms with Gasteiger partial charge < -0.3 is 10.2 Å². The molecule has 4 nitrogen and oxygen atoms in total. The fraction of sp³-hybridized carbons (Fsp3) is 0.200. The molecule has 3 rings (SSSR count). The average Bonchev–Trinajstić information content (AvgIpc) is 2.62. The number of carbonyl (C=O) groups is 1. The summed E-state index contributed by atoms with van der Waals surface area (Å²) in [6.07, 6.45) is 3.47. The van der Waals surface area contributed by atoms with Gasteiger partial charge in [0.15, 0.2) is 0 Å². The number of fused-ring (bicyclic) bond motifs is 1. The number of nitrogens with zero attached hydrogens (tertiary/aromatic N) is 2. The van der Waals surface area contributed by atoms with Gasteiger partial charge in [-0.25, -0.2) is 4.79 Å². The summed E-state index contributed by atoms with van der Waals surface area (Å²) >= 11 is 0. The van der Waals surface area contributed by atoms with Crippen molar-refractivity contribution in [1.82, 2.24) is 15.2 Å². The van der Waals surface area contributed by atoms with Gasteiger partial charge in [-0.15, -0.1) is 0 Å². The molecule has 24 heavy (non-hydrogen) atoms. The third-order valence-electron chi connectivity index (χ3n) is 4.13. The molecule has 1 heterocycles. The molecule has 4 heteroatoms. The largest absolute Gasteiger partial charge is 0.331 e. The average molecular weight is 319 g/mol. The number of hydrogen-bond acceptors (Lipinski definition) is 2. The molecule has 1 N–H and O–H groups in total. The lowest BCUT2D eigenvalue weighted by Gasteiger charge is -2.22. The molecule has 2 aromatic carbocycles. The van der Waals surface area contributed by atoms with Crippen LogP contribution in [0.4, 0.5) is 4.79 Å². The second-order valence-electron chi connectivity index (χ2n) is 5.99. The van der Waals surface area contributed by atoms with Gasteiger partial charge >= 0.3 is 6.03 Å². The van der Waals surface area contributed by atoms with E-state index < -0.39 is 0 Å². The van der Waals surface area contributed by atoms with Crippen molar-refractivity contribution in [1.29, 1.82) is 0 Å². The van der Waals surface area contributed by atoms with Crippen LogP contribution in [0.15, 0.2) is 67.0 Å². The van der Waals surface area contributed by atoms with E-state index in [0.717, 1.165) is 11.1 Å². The molecule has 3 aromatic rings. The van der Waals surface area contributed by atoms with Gasteiger partial charge in [-0.3, -0.25) is 4.98 Å². The zero-order valence-electron chi connectivity index (χ0n) is 13.9. The van der Waals surface area contributed by atoms with E-state index in [0.29, 0.717) is 6.54 Å². The van der Waals surface area contributed by atoms with Crippen molar-refractivity contribution in [2.24, 2.45) is 0 Å². The second kappa shape index (κ2) is 7.13. The number of benzene rings is 2. The highest BCUT2D eigenvalue weighted by Crippen LogP contribution is 2.17. The van der Waals surface area contributed by atoms with Gasteiger partial charge in [-0.2, -0.15) is 0 Å². The third kappa shape index (κ3) is 3.71. The van der Waals surface area contributed by atoms with E-state index in [-0.39, 0.29) is 12.1 Å². The lowest BCUT2D eigenvalue weighted by atomic mass is 10.1. The number of aromatic nitrogens is 1. The maximum atomic E-state index is 12.4. The van der Waals surface area contributed by atoms with Crippen molar-refractivity contribution in [2.45, 2.75) is 19.5 Å². The summed E-state index contributed by atoms with van der Waals surface area (Å²) in [4.78, 5) is 18.1. The van der Waals surface area contributed by atoms with Gasteiger partial charge in [0.1, 0.15) is 0 Å². The highest BCUT2D eigenvalue weighted by atomic mass is 16.2. The Morgan fingerprint density at radius 1 is 1.08 bits per heavy atom. The van der Waals surface area contributed by atoms with Crippen molar-refractivity contribution in [3.8, 4) is 0 Å². The maximum absolute atomic E-state index is 12.4. The highest BCUT2D eigenvalue weighted by Gasteiger charge is 2.13. The number of nitrogens with one attached hydrogen (secondary N) is 1. The van der Waals surface area contributed by atoms with E-state index in [4.69, 9.17) is 0 Å². The molecule has 1 atom stereocenters. The molecule has 0 unspecified atom stereocenters. The summed E-state index contributed by atoms with van der Waals surface area (Å²) in [5, 5.41) is 5.41. The van der Waals surface area contributed by atoms with Crippen LogP contribution in [0.5, 0.6) is 0 Å². The van der Waals surface area contributed by atoms with Crippen molar-refractivity contribution in [3.05, 3.63) is 78.1 Å². The van der Waals surface area contributed by atoms with Crippen molar-refractivity contribution < 1.29 is 4.79 Å². The quantitative estimate of drug-likeness (QED) is 0.785. The van der Waals surface area contributed by atoms with Gasteiger partial charge in [-0.05, 0) is 47.0 Å². The van der Waals surface area contributed by atoms with E-state index >= 15 is 0 Å². The van der Waals surface area contributed by atoms with Gasteiger partial charge in [-0.1, -0.05) is 36.4 Å². The molecule has 0 saturated carbocycles. The van der Waals surface area contributed by atoms with E-state index in [1.54, 1.807) is 17.3 Å². The Labute approximate surface area is 142 Å². The molecule has 0 saturated heterocycles. The fourth-order valence-corrected chi connectivity index (χ4v) is 2.71. The highest BCUT2D eigenvalue weighted by molar-refractivity contribution is 5.83.